The van der Waals surface area contributed by atoms with Crippen LogP contribution in [0.2, 0.25) is 0 Å². The monoisotopic (exact) mass is 238 g/mol. The highest BCUT2D eigenvalue weighted by Gasteiger charge is 2.42. The van der Waals surface area contributed by atoms with Crippen molar-refractivity contribution in [3.63, 3.8) is 0 Å². The fourth-order valence-electron chi connectivity index (χ4n) is 2.94. The van der Waals surface area contributed by atoms with Gasteiger partial charge in [-0.15, -0.1) is 0 Å². The molecule has 96 valence electrons. The summed E-state index contributed by atoms with van der Waals surface area (Å²) in [6.07, 6.45) is 2.95. The molecule has 0 bridgehead atoms. The molecule has 0 aliphatic carbocycles. The van der Waals surface area contributed by atoms with Crippen LogP contribution in [0.5, 0.6) is 0 Å². The maximum absolute atomic E-state index is 12.1. The molecule has 0 spiro atoms. The minimum atomic E-state index is -0.171. The first-order valence-corrected chi connectivity index (χ1v) is 6.49. The van der Waals surface area contributed by atoms with Gasteiger partial charge in [-0.25, -0.2) is 0 Å². The molecule has 2 atom stereocenters. The zero-order chi connectivity index (χ0) is 12.6. The maximum atomic E-state index is 12.1. The third-order valence-electron chi connectivity index (χ3n) is 3.85. The zero-order valence-electron chi connectivity index (χ0n) is 11.0. The highest BCUT2D eigenvalue weighted by Crippen LogP contribution is 2.33. The van der Waals surface area contributed by atoms with Crippen LogP contribution in [0, 0.1) is 5.41 Å². The van der Waals surface area contributed by atoms with E-state index in [9.17, 15) is 9.59 Å². The van der Waals surface area contributed by atoms with Crippen molar-refractivity contribution in [2.45, 2.75) is 58.5 Å². The molecule has 0 aromatic carbocycles. The Kier molecular flexibility index (Phi) is 3.25. The second-order valence-electron chi connectivity index (χ2n) is 6.13. The fourth-order valence-corrected chi connectivity index (χ4v) is 2.94. The van der Waals surface area contributed by atoms with Crippen LogP contribution in [-0.2, 0) is 9.59 Å². The van der Waals surface area contributed by atoms with Crippen molar-refractivity contribution in [2.24, 2.45) is 5.41 Å². The average Bonchev–Trinajstić information content (AvgIpc) is 2.17. The van der Waals surface area contributed by atoms with E-state index in [1.165, 1.54) is 4.90 Å². The number of imide groups is 1. The van der Waals surface area contributed by atoms with Gasteiger partial charge in [-0.05, 0) is 31.7 Å². The van der Waals surface area contributed by atoms with E-state index < -0.39 is 0 Å². The van der Waals surface area contributed by atoms with Gasteiger partial charge in [0.25, 0.3) is 0 Å². The van der Waals surface area contributed by atoms with Gasteiger partial charge in [-0.2, -0.15) is 0 Å². The van der Waals surface area contributed by atoms with E-state index in [0.29, 0.717) is 12.8 Å². The number of carbonyl (C=O) groups excluding carboxylic acids is 2. The number of nitrogens with zero attached hydrogens (tertiary/aromatic N) is 1. The lowest BCUT2D eigenvalue weighted by Gasteiger charge is -2.43. The molecule has 0 aromatic heterocycles. The van der Waals surface area contributed by atoms with E-state index in [1.807, 2.05) is 13.8 Å². The molecule has 2 aliphatic rings. The molecule has 2 amide bonds. The van der Waals surface area contributed by atoms with Crippen LogP contribution < -0.4 is 5.32 Å². The first-order valence-electron chi connectivity index (χ1n) is 6.49. The van der Waals surface area contributed by atoms with Crippen molar-refractivity contribution in [3.8, 4) is 0 Å². The van der Waals surface area contributed by atoms with Crippen molar-refractivity contribution in [3.05, 3.63) is 0 Å². The van der Waals surface area contributed by atoms with Crippen molar-refractivity contribution >= 4 is 11.8 Å². The van der Waals surface area contributed by atoms with Gasteiger partial charge in [0.05, 0.1) is 6.04 Å². The molecule has 4 heteroatoms. The summed E-state index contributed by atoms with van der Waals surface area (Å²) in [6.45, 7) is 7.02. The Hall–Kier alpha value is -0.900. The Morgan fingerprint density at radius 3 is 2.35 bits per heavy atom. The van der Waals surface area contributed by atoms with Gasteiger partial charge in [0.15, 0.2) is 0 Å². The fraction of sp³-hybridized carbons (Fsp3) is 0.846. The number of rotatable bonds is 1. The zero-order valence-corrected chi connectivity index (χ0v) is 11.0. The summed E-state index contributed by atoms with van der Waals surface area (Å²) in [5.41, 5.74) is -0.171. The predicted molar refractivity (Wildman–Crippen MR) is 65.4 cm³/mol. The minimum absolute atomic E-state index is 0.00630. The molecule has 2 unspecified atom stereocenters. The van der Waals surface area contributed by atoms with Crippen LogP contribution in [-0.4, -0.2) is 35.3 Å². The van der Waals surface area contributed by atoms with Gasteiger partial charge in [0.2, 0.25) is 11.8 Å². The highest BCUT2D eigenvalue weighted by atomic mass is 16.2. The van der Waals surface area contributed by atoms with Crippen LogP contribution in [0.25, 0.3) is 0 Å². The van der Waals surface area contributed by atoms with Gasteiger partial charge in [-0.1, -0.05) is 13.8 Å². The van der Waals surface area contributed by atoms with Crippen molar-refractivity contribution < 1.29 is 9.59 Å². The molecule has 2 aliphatic heterocycles. The molecular weight excluding hydrogens is 216 g/mol. The second-order valence-corrected chi connectivity index (χ2v) is 6.13. The Balaban J connectivity index is 2.15. The lowest BCUT2D eigenvalue weighted by Crippen LogP contribution is -2.59. The summed E-state index contributed by atoms with van der Waals surface area (Å²) < 4.78 is 0. The number of hydrogen-bond acceptors (Lipinski definition) is 3. The first-order chi connectivity index (χ1) is 7.91. The third-order valence-corrected chi connectivity index (χ3v) is 3.85. The lowest BCUT2D eigenvalue weighted by atomic mass is 9.80. The van der Waals surface area contributed by atoms with Crippen molar-refractivity contribution in [2.75, 3.05) is 6.54 Å². The number of likely N-dealkylation sites (tertiary alicyclic amines) is 1. The molecular formula is C13H22N2O2. The normalized spacial score (nSPS) is 33.9. The Bertz CT molecular complexity index is 318. The van der Waals surface area contributed by atoms with Gasteiger partial charge in [-0.3, -0.25) is 14.5 Å². The van der Waals surface area contributed by atoms with E-state index in [-0.39, 0.29) is 29.3 Å². The van der Waals surface area contributed by atoms with Crippen LogP contribution >= 0.6 is 0 Å². The van der Waals surface area contributed by atoms with E-state index in [4.69, 9.17) is 0 Å². The predicted octanol–water partition coefficient (Wildman–Crippen LogP) is 1.30. The second kappa shape index (κ2) is 4.41. The van der Waals surface area contributed by atoms with Crippen LogP contribution in [0.3, 0.4) is 0 Å². The Morgan fingerprint density at radius 1 is 1.24 bits per heavy atom. The summed E-state index contributed by atoms with van der Waals surface area (Å²) in [6, 6.07) is 0.276. The van der Waals surface area contributed by atoms with Crippen LogP contribution in [0.1, 0.15) is 46.5 Å². The topological polar surface area (TPSA) is 49.4 Å². The molecule has 2 heterocycles. The molecule has 17 heavy (non-hydrogen) atoms. The van der Waals surface area contributed by atoms with Gasteiger partial charge in [0, 0.05) is 18.9 Å². The molecule has 2 saturated heterocycles. The van der Waals surface area contributed by atoms with Gasteiger partial charge < -0.3 is 5.32 Å². The van der Waals surface area contributed by atoms with E-state index in [1.54, 1.807) is 0 Å². The number of carbonyl (C=O) groups is 2. The number of piperidine rings is 2. The first kappa shape index (κ1) is 12.6. The molecule has 2 rings (SSSR count). The lowest BCUT2D eigenvalue weighted by molar-refractivity contribution is -0.156. The van der Waals surface area contributed by atoms with E-state index in [2.05, 4.69) is 12.2 Å². The summed E-state index contributed by atoms with van der Waals surface area (Å²) >= 11 is 0. The van der Waals surface area contributed by atoms with Crippen LogP contribution in [0.15, 0.2) is 0 Å². The third kappa shape index (κ3) is 2.51. The van der Waals surface area contributed by atoms with Gasteiger partial charge >= 0.3 is 0 Å². The number of hydrogen-bond donors (Lipinski definition) is 1. The summed E-state index contributed by atoms with van der Waals surface area (Å²) in [4.78, 5) is 25.8. The van der Waals surface area contributed by atoms with Crippen molar-refractivity contribution in [1.82, 2.24) is 10.2 Å². The Labute approximate surface area is 103 Å². The molecule has 1 N–H and O–H groups in total. The summed E-state index contributed by atoms with van der Waals surface area (Å²) in [7, 11) is 0. The van der Waals surface area contributed by atoms with Crippen molar-refractivity contribution in [1.29, 1.82) is 0 Å². The van der Waals surface area contributed by atoms with Gasteiger partial charge in [0.1, 0.15) is 0 Å². The highest BCUT2D eigenvalue weighted by molar-refractivity contribution is 5.98. The molecule has 0 radical (unpaired) electrons. The number of nitrogens with one attached hydrogen (secondary N) is 1. The molecule has 2 fully saturated rings. The molecule has 0 aromatic rings. The van der Waals surface area contributed by atoms with Crippen LogP contribution in [0.4, 0.5) is 0 Å². The summed E-state index contributed by atoms with van der Waals surface area (Å²) in [5, 5.41) is 3.35. The summed E-state index contributed by atoms with van der Waals surface area (Å²) in [5.74, 6) is 0.0126. The quantitative estimate of drug-likeness (QED) is 0.701. The SMILES string of the molecule is CC1NCCCC1N1C(=O)CC(C)(C)CC1=O. The standard InChI is InChI=1S/C13H22N2O2/c1-9-10(5-4-6-14-9)15-11(16)7-13(2,3)8-12(15)17/h9-10,14H,4-8H2,1-3H3. The minimum Gasteiger partial charge on any atom is -0.312 e. The molecule has 0 saturated carbocycles. The van der Waals surface area contributed by atoms with E-state index in [0.717, 1.165) is 19.4 Å². The van der Waals surface area contributed by atoms with E-state index >= 15 is 0 Å². The Morgan fingerprint density at radius 2 is 1.82 bits per heavy atom. The number of amides is 2. The molecule has 4 nitrogen and oxygen atoms in total. The average molecular weight is 238 g/mol. The maximum Gasteiger partial charge on any atom is 0.230 e. The largest absolute Gasteiger partial charge is 0.312 e. The smallest absolute Gasteiger partial charge is 0.230 e.